The van der Waals surface area contributed by atoms with Crippen LogP contribution in [-0.4, -0.2) is 27.4 Å². The van der Waals surface area contributed by atoms with E-state index in [1.54, 1.807) is 23.4 Å². The average molecular weight is 355 g/mol. The van der Waals surface area contributed by atoms with Gasteiger partial charge in [-0.1, -0.05) is 49.4 Å². The molecule has 0 bridgehead atoms. The van der Waals surface area contributed by atoms with Crippen molar-refractivity contribution in [2.75, 3.05) is 0 Å². The van der Waals surface area contributed by atoms with E-state index < -0.39 is 0 Å². The quantitative estimate of drug-likeness (QED) is 0.576. The van der Waals surface area contributed by atoms with Crippen LogP contribution >= 0.6 is 11.8 Å². The average Bonchev–Trinajstić information content (AvgIpc) is 3.21. The highest BCUT2D eigenvalue weighted by molar-refractivity contribution is 8.15. The first-order chi connectivity index (χ1) is 12.2. The van der Waals surface area contributed by atoms with Gasteiger partial charge in [0.2, 0.25) is 5.91 Å². The van der Waals surface area contributed by atoms with E-state index in [9.17, 15) is 4.79 Å². The first-order valence-electron chi connectivity index (χ1n) is 8.36. The van der Waals surface area contributed by atoms with E-state index in [1.165, 1.54) is 11.8 Å². The van der Waals surface area contributed by atoms with Crippen LogP contribution in [0.3, 0.4) is 0 Å². The van der Waals surface area contributed by atoms with Gasteiger partial charge in [0.1, 0.15) is 5.76 Å². The van der Waals surface area contributed by atoms with Crippen LogP contribution in [0.2, 0.25) is 0 Å². The molecule has 2 heterocycles. The fourth-order valence-corrected chi connectivity index (χ4v) is 3.85. The SMILES string of the molecule is CCCC1SC(=NN=Cc2ccco2)N(Cc2ccccc2C)C1=O. The Hall–Kier alpha value is -2.34. The van der Waals surface area contributed by atoms with Crippen LogP contribution in [0.25, 0.3) is 0 Å². The monoisotopic (exact) mass is 355 g/mol. The molecule has 1 saturated heterocycles. The molecule has 0 radical (unpaired) electrons. The molecular weight excluding hydrogens is 334 g/mol. The highest BCUT2D eigenvalue weighted by atomic mass is 32.2. The number of hydrogen-bond acceptors (Lipinski definition) is 5. The predicted molar refractivity (Wildman–Crippen MR) is 102 cm³/mol. The van der Waals surface area contributed by atoms with Gasteiger partial charge in [-0.15, -0.1) is 5.10 Å². The molecule has 0 N–H and O–H groups in total. The zero-order valence-electron chi connectivity index (χ0n) is 14.4. The van der Waals surface area contributed by atoms with Gasteiger partial charge in [-0.3, -0.25) is 9.69 Å². The van der Waals surface area contributed by atoms with Crippen LogP contribution in [0.1, 0.15) is 36.7 Å². The maximum Gasteiger partial charge on any atom is 0.242 e. The van der Waals surface area contributed by atoms with Crippen molar-refractivity contribution in [1.29, 1.82) is 0 Å². The van der Waals surface area contributed by atoms with E-state index in [2.05, 4.69) is 30.1 Å². The molecule has 1 aromatic carbocycles. The standard InChI is InChI=1S/C19H21N3O2S/c1-3-7-17-18(23)22(13-15-9-5-4-8-14(15)2)19(25-17)21-20-12-16-10-6-11-24-16/h4-6,8-12,17H,3,7,13H2,1-2H3. The van der Waals surface area contributed by atoms with Gasteiger partial charge < -0.3 is 4.42 Å². The molecule has 6 heteroatoms. The molecule has 130 valence electrons. The maximum absolute atomic E-state index is 12.8. The molecule has 1 aliphatic rings. The van der Waals surface area contributed by atoms with Crippen LogP contribution in [0.5, 0.6) is 0 Å². The van der Waals surface area contributed by atoms with Gasteiger partial charge in [-0.05, 0) is 36.6 Å². The minimum Gasteiger partial charge on any atom is -0.463 e. The lowest BCUT2D eigenvalue weighted by molar-refractivity contribution is -0.126. The predicted octanol–water partition coefficient (Wildman–Crippen LogP) is 4.22. The number of furan rings is 1. The first kappa shape index (κ1) is 17.5. The molecule has 1 aromatic heterocycles. The van der Waals surface area contributed by atoms with Crippen LogP contribution in [0.15, 0.2) is 57.3 Å². The van der Waals surface area contributed by atoms with E-state index in [0.717, 1.165) is 24.0 Å². The third kappa shape index (κ3) is 4.20. The molecule has 3 rings (SSSR count). The second kappa shape index (κ2) is 8.16. The van der Waals surface area contributed by atoms with Crippen LogP contribution in [-0.2, 0) is 11.3 Å². The van der Waals surface area contributed by atoms with Gasteiger partial charge in [-0.25, -0.2) is 0 Å². The van der Waals surface area contributed by atoms with Crippen molar-refractivity contribution in [2.24, 2.45) is 10.2 Å². The summed E-state index contributed by atoms with van der Waals surface area (Å²) in [5.41, 5.74) is 2.29. The number of nitrogens with zero attached hydrogens (tertiary/aromatic N) is 3. The Morgan fingerprint density at radius 1 is 1.28 bits per heavy atom. The summed E-state index contributed by atoms with van der Waals surface area (Å²) in [6, 6.07) is 11.7. The minimum absolute atomic E-state index is 0.0772. The van der Waals surface area contributed by atoms with E-state index in [4.69, 9.17) is 4.42 Å². The fourth-order valence-electron chi connectivity index (χ4n) is 2.63. The Morgan fingerprint density at radius 3 is 2.84 bits per heavy atom. The number of aryl methyl sites for hydroxylation is 1. The Morgan fingerprint density at radius 2 is 2.12 bits per heavy atom. The summed E-state index contributed by atoms with van der Waals surface area (Å²) in [4.78, 5) is 14.5. The summed E-state index contributed by atoms with van der Waals surface area (Å²) in [5.74, 6) is 0.747. The number of carbonyl (C=O) groups is 1. The van der Waals surface area contributed by atoms with Crippen molar-refractivity contribution in [1.82, 2.24) is 4.90 Å². The first-order valence-corrected chi connectivity index (χ1v) is 9.24. The van der Waals surface area contributed by atoms with Gasteiger partial charge >= 0.3 is 0 Å². The molecule has 0 saturated carbocycles. The van der Waals surface area contributed by atoms with Gasteiger partial charge in [0, 0.05) is 0 Å². The largest absolute Gasteiger partial charge is 0.463 e. The smallest absolute Gasteiger partial charge is 0.242 e. The van der Waals surface area contributed by atoms with Crippen molar-refractivity contribution >= 4 is 29.1 Å². The summed E-state index contributed by atoms with van der Waals surface area (Å²) < 4.78 is 5.21. The van der Waals surface area contributed by atoms with Crippen molar-refractivity contribution < 1.29 is 9.21 Å². The molecule has 1 amide bonds. The molecule has 25 heavy (non-hydrogen) atoms. The number of thioether (sulfide) groups is 1. The summed E-state index contributed by atoms with van der Waals surface area (Å²) in [6.45, 7) is 4.66. The molecule has 0 aliphatic carbocycles. The van der Waals surface area contributed by atoms with Crippen LogP contribution in [0.4, 0.5) is 0 Å². The van der Waals surface area contributed by atoms with Crippen molar-refractivity contribution in [3.8, 4) is 0 Å². The number of amides is 1. The maximum atomic E-state index is 12.8. The Bertz CT molecular complexity index is 784. The van der Waals surface area contributed by atoms with Crippen molar-refractivity contribution in [2.45, 2.75) is 38.5 Å². The fraction of sp³-hybridized carbons (Fsp3) is 0.316. The van der Waals surface area contributed by atoms with Crippen molar-refractivity contribution in [3.05, 3.63) is 59.5 Å². The molecule has 0 spiro atoms. The van der Waals surface area contributed by atoms with E-state index in [0.29, 0.717) is 17.5 Å². The zero-order valence-corrected chi connectivity index (χ0v) is 15.2. The Labute approximate surface area is 151 Å². The normalized spacial score (nSPS) is 19.4. The van der Waals surface area contributed by atoms with Gasteiger partial charge in [0.25, 0.3) is 0 Å². The Kier molecular flexibility index (Phi) is 5.71. The van der Waals surface area contributed by atoms with Crippen LogP contribution < -0.4 is 0 Å². The van der Waals surface area contributed by atoms with Crippen molar-refractivity contribution in [3.63, 3.8) is 0 Å². The highest BCUT2D eigenvalue weighted by Crippen LogP contribution is 2.32. The number of hydrogen-bond donors (Lipinski definition) is 0. The van der Waals surface area contributed by atoms with E-state index in [1.807, 2.05) is 24.3 Å². The lowest BCUT2D eigenvalue weighted by atomic mass is 10.1. The van der Waals surface area contributed by atoms with E-state index >= 15 is 0 Å². The highest BCUT2D eigenvalue weighted by Gasteiger charge is 2.37. The van der Waals surface area contributed by atoms with Gasteiger partial charge in [0.05, 0.1) is 24.3 Å². The summed E-state index contributed by atoms with van der Waals surface area (Å²) in [5, 5.41) is 8.95. The molecule has 5 nitrogen and oxygen atoms in total. The van der Waals surface area contributed by atoms with Gasteiger partial charge in [-0.2, -0.15) is 5.10 Å². The summed E-state index contributed by atoms with van der Waals surface area (Å²) in [6.07, 6.45) is 4.94. The lowest BCUT2D eigenvalue weighted by Gasteiger charge is -2.17. The third-order valence-electron chi connectivity index (χ3n) is 4.03. The molecule has 2 aromatic rings. The van der Waals surface area contributed by atoms with E-state index in [-0.39, 0.29) is 11.2 Å². The second-order valence-electron chi connectivity index (χ2n) is 5.89. The molecule has 1 fully saturated rings. The zero-order chi connectivity index (χ0) is 17.6. The number of amidine groups is 1. The Balaban J connectivity index is 1.82. The number of carbonyl (C=O) groups excluding carboxylic acids is 1. The molecular formula is C19H21N3O2S. The third-order valence-corrected chi connectivity index (χ3v) is 5.27. The number of rotatable bonds is 6. The summed E-state index contributed by atoms with van der Waals surface area (Å²) in [7, 11) is 0. The topological polar surface area (TPSA) is 58.2 Å². The molecule has 1 unspecified atom stereocenters. The van der Waals surface area contributed by atoms with Crippen LogP contribution in [0, 0.1) is 6.92 Å². The van der Waals surface area contributed by atoms with Gasteiger partial charge in [0.15, 0.2) is 5.17 Å². The molecule has 1 aliphatic heterocycles. The lowest BCUT2D eigenvalue weighted by Crippen LogP contribution is -2.31. The second-order valence-corrected chi connectivity index (χ2v) is 7.06. The number of benzene rings is 1. The minimum atomic E-state index is -0.0772. The summed E-state index contributed by atoms with van der Waals surface area (Å²) >= 11 is 1.50. The molecule has 1 atom stereocenters.